The minimum absolute atomic E-state index is 0.126. The molecule has 1 aromatic carbocycles. The van der Waals surface area contributed by atoms with Crippen molar-refractivity contribution in [1.82, 2.24) is 10.2 Å². The molecule has 0 amide bonds. The Labute approximate surface area is 156 Å². The molecule has 0 saturated carbocycles. The molecule has 1 aliphatic heterocycles. The van der Waals surface area contributed by atoms with Gasteiger partial charge in [0, 0.05) is 31.6 Å². The number of ether oxygens (including phenoxy) is 2. The van der Waals surface area contributed by atoms with Crippen molar-refractivity contribution in [3.8, 4) is 5.75 Å². The van der Waals surface area contributed by atoms with Gasteiger partial charge in [-0.15, -0.1) is 0 Å². The lowest BCUT2D eigenvalue weighted by Gasteiger charge is -2.34. The van der Waals surface area contributed by atoms with Gasteiger partial charge in [-0.2, -0.15) is 0 Å². The number of nitrogens with zero attached hydrogens (tertiary/aromatic N) is 1. The molecule has 0 aliphatic carbocycles. The average molecular weight is 360 g/mol. The van der Waals surface area contributed by atoms with Crippen LogP contribution in [0.4, 0.5) is 0 Å². The van der Waals surface area contributed by atoms with Crippen LogP contribution in [-0.2, 0) is 4.74 Å². The number of furan rings is 1. The summed E-state index contributed by atoms with van der Waals surface area (Å²) in [5.74, 6) is 2.43. The van der Waals surface area contributed by atoms with E-state index in [2.05, 4.69) is 43.1 Å². The molecule has 5 heteroatoms. The maximum Gasteiger partial charge on any atom is 0.176 e. The molecule has 1 fully saturated rings. The highest BCUT2D eigenvalue weighted by Gasteiger charge is 2.22. The summed E-state index contributed by atoms with van der Waals surface area (Å²) < 4.78 is 17.7. The molecule has 2 atom stereocenters. The summed E-state index contributed by atoms with van der Waals surface area (Å²) in [6.07, 6.45) is 0.230. The van der Waals surface area contributed by atoms with E-state index in [-0.39, 0.29) is 12.1 Å². The zero-order valence-corrected chi connectivity index (χ0v) is 16.5. The topological polar surface area (TPSA) is 46.9 Å². The first-order chi connectivity index (χ1) is 12.6. The third kappa shape index (κ3) is 4.78. The second kappa shape index (κ2) is 8.89. The van der Waals surface area contributed by atoms with Crippen molar-refractivity contribution in [2.24, 2.45) is 5.92 Å². The van der Waals surface area contributed by atoms with Gasteiger partial charge in [-0.25, -0.2) is 0 Å². The highest BCUT2D eigenvalue weighted by Crippen LogP contribution is 2.31. The Bertz CT molecular complexity index is 698. The average Bonchev–Trinajstić information content (AvgIpc) is 3.05. The third-order valence-corrected chi connectivity index (χ3v) is 4.75. The molecule has 5 nitrogen and oxygen atoms in total. The lowest BCUT2D eigenvalue weighted by atomic mass is 10.1. The number of morpholine rings is 1. The first-order valence-electron chi connectivity index (χ1n) is 9.79. The van der Waals surface area contributed by atoms with Gasteiger partial charge in [-0.05, 0) is 31.9 Å². The van der Waals surface area contributed by atoms with Gasteiger partial charge in [0.05, 0.1) is 25.4 Å². The van der Waals surface area contributed by atoms with Gasteiger partial charge in [0.1, 0.15) is 5.76 Å². The fraction of sp³-hybridized carbons (Fsp3) is 0.619. The van der Waals surface area contributed by atoms with Gasteiger partial charge in [0.25, 0.3) is 0 Å². The number of hydrogen-bond acceptors (Lipinski definition) is 5. The van der Waals surface area contributed by atoms with Crippen LogP contribution < -0.4 is 10.1 Å². The molecule has 1 saturated heterocycles. The minimum atomic E-state index is 0.126. The predicted molar refractivity (Wildman–Crippen MR) is 105 cm³/mol. The zero-order valence-electron chi connectivity index (χ0n) is 16.5. The standard InChI is InChI=1S/C21H32N2O3/c1-5-24-19-8-6-7-17-11-20(26-21(17)19)16(4)22-12-18-14-23(9-10-25-18)13-15(2)3/h6-8,11,15-16,18,22H,5,9-10,12-14H2,1-4H3. The maximum atomic E-state index is 6.09. The van der Waals surface area contributed by atoms with E-state index in [1.807, 2.05) is 19.1 Å². The molecule has 144 valence electrons. The predicted octanol–water partition coefficient (Wildman–Crippen LogP) is 3.84. The van der Waals surface area contributed by atoms with Gasteiger partial charge in [0.2, 0.25) is 0 Å². The van der Waals surface area contributed by atoms with E-state index in [0.29, 0.717) is 12.5 Å². The molecule has 2 unspecified atom stereocenters. The Hall–Kier alpha value is -1.56. The van der Waals surface area contributed by atoms with Crippen LogP contribution >= 0.6 is 0 Å². The van der Waals surface area contributed by atoms with E-state index in [1.54, 1.807) is 0 Å². The lowest BCUT2D eigenvalue weighted by molar-refractivity contribution is -0.0313. The highest BCUT2D eigenvalue weighted by molar-refractivity contribution is 5.83. The summed E-state index contributed by atoms with van der Waals surface area (Å²) in [5, 5.41) is 4.65. The Balaban J connectivity index is 1.59. The van der Waals surface area contributed by atoms with E-state index in [0.717, 1.165) is 55.3 Å². The molecule has 2 heterocycles. The summed E-state index contributed by atoms with van der Waals surface area (Å²) >= 11 is 0. The third-order valence-electron chi connectivity index (χ3n) is 4.75. The SMILES string of the molecule is CCOc1cccc2cc(C(C)NCC3CN(CC(C)C)CCO3)oc12. The summed E-state index contributed by atoms with van der Waals surface area (Å²) in [6.45, 7) is 14.1. The quantitative estimate of drug-likeness (QED) is 0.775. The second-order valence-corrected chi connectivity index (χ2v) is 7.53. The van der Waals surface area contributed by atoms with Gasteiger partial charge >= 0.3 is 0 Å². The number of rotatable bonds is 8. The van der Waals surface area contributed by atoms with Crippen molar-refractivity contribution in [3.63, 3.8) is 0 Å². The van der Waals surface area contributed by atoms with E-state index in [1.165, 1.54) is 0 Å². The Kier molecular flexibility index (Phi) is 6.57. The Morgan fingerprint density at radius 3 is 2.92 bits per heavy atom. The molecule has 2 aromatic rings. The van der Waals surface area contributed by atoms with Crippen molar-refractivity contribution in [1.29, 1.82) is 0 Å². The van der Waals surface area contributed by atoms with E-state index in [4.69, 9.17) is 13.9 Å². The Morgan fingerprint density at radius 1 is 1.31 bits per heavy atom. The molecule has 0 radical (unpaired) electrons. The van der Waals surface area contributed by atoms with Crippen molar-refractivity contribution < 1.29 is 13.9 Å². The van der Waals surface area contributed by atoms with Crippen molar-refractivity contribution in [3.05, 3.63) is 30.0 Å². The van der Waals surface area contributed by atoms with E-state index >= 15 is 0 Å². The second-order valence-electron chi connectivity index (χ2n) is 7.53. The maximum absolute atomic E-state index is 6.09. The van der Waals surface area contributed by atoms with Gasteiger partial charge < -0.3 is 19.2 Å². The smallest absolute Gasteiger partial charge is 0.176 e. The van der Waals surface area contributed by atoms with Crippen LogP contribution in [0.15, 0.2) is 28.7 Å². The van der Waals surface area contributed by atoms with Gasteiger partial charge in [0.15, 0.2) is 11.3 Å². The number of para-hydroxylation sites is 1. The highest BCUT2D eigenvalue weighted by atomic mass is 16.5. The molecule has 1 N–H and O–H groups in total. The molecule has 26 heavy (non-hydrogen) atoms. The molecule has 1 aromatic heterocycles. The largest absolute Gasteiger partial charge is 0.490 e. The van der Waals surface area contributed by atoms with Gasteiger partial charge in [-0.1, -0.05) is 26.0 Å². The van der Waals surface area contributed by atoms with Crippen LogP contribution in [0.2, 0.25) is 0 Å². The van der Waals surface area contributed by atoms with E-state index in [9.17, 15) is 0 Å². The van der Waals surface area contributed by atoms with Crippen LogP contribution in [0.5, 0.6) is 5.75 Å². The molecule has 3 rings (SSSR count). The molecule has 0 spiro atoms. The molecular formula is C21H32N2O3. The Morgan fingerprint density at radius 2 is 2.15 bits per heavy atom. The van der Waals surface area contributed by atoms with Crippen LogP contribution in [0.3, 0.4) is 0 Å². The summed E-state index contributed by atoms with van der Waals surface area (Å²) in [4.78, 5) is 2.50. The van der Waals surface area contributed by atoms with E-state index < -0.39 is 0 Å². The molecule has 1 aliphatic rings. The first-order valence-corrected chi connectivity index (χ1v) is 9.79. The summed E-state index contributed by atoms with van der Waals surface area (Å²) in [7, 11) is 0. The molecular weight excluding hydrogens is 328 g/mol. The normalized spacial score (nSPS) is 20.0. The van der Waals surface area contributed by atoms with Crippen LogP contribution in [0.1, 0.15) is 39.5 Å². The van der Waals surface area contributed by atoms with Crippen molar-refractivity contribution >= 4 is 11.0 Å². The monoisotopic (exact) mass is 360 g/mol. The van der Waals surface area contributed by atoms with Crippen molar-refractivity contribution in [2.75, 3.05) is 39.4 Å². The summed E-state index contributed by atoms with van der Waals surface area (Å²) in [5.41, 5.74) is 0.829. The fourth-order valence-corrected chi connectivity index (χ4v) is 3.53. The van der Waals surface area contributed by atoms with Crippen LogP contribution in [-0.4, -0.2) is 50.4 Å². The van der Waals surface area contributed by atoms with Crippen molar-refractivity contribution in [2.45, 2.75) is 39.8 Å². The number of hydrogen-bond donors (Lipinski definition) is 1. The van der Waals surface area contributed by atoms with Gasteiger partial charge in [-0.3, -0.25) is 4.90 Å². The molecule has 0 bridgehead atoms. The number of nitrogens with one attached hydrogen (secondary N) is 1. The minimum Gasteiger partial charge on any atom is -0.490 e. The lowest BCUT2D eigenvalue weighted by Crippen LogP contribution is -2.47. The van der Waals surface area contributed by atoms with Crippen LogP contribution in [0.25, 0.3) is 11.0 Å². The fourth-order valence-electron chi connectivity index (χ4n) is 3.53. The summed E-state index contributed by atoms with van der Waals surface area (Å²) in [6, 6.07) is 8.25. The van der Waals surface area contributed by atoms with Crippen LogP contribution in [0, 0.1) is 5.92 Å². The first kappa shape index (κ1) is 19.2. The number of benzene rings is 1. The zero-order chi connectivity index (χ0) is 18.5. The number of fused-ring (bicyclic) bond motifs is 1.